The van der Waals surface area contributed by atoms with E-state index in [9.17, 15) is 9.59 Å². The van der Waals surface area contributed by atoms with Gasteiger partial charge >= 0.3 is 11.9 Å². The lowest BCUT2D eigenvalue weighted by Crippen LogP contribution is -2.65. The summed E-state index contributed by atoms with van der Waals surface area (Å²) in [7, 11) is 6.10. The van der Waals surface area contributed by atoms with Crippen molar-refractivity contribution in [1.29, 1.82) is 0 Å². The molecule has 158 valence electrons. The highest BCUT2D eigenvalue weighted by Crippen LogP contribution is 2.64. The standard InChI is InChI=1S/C24H23BO6/c25-21-19-20-23(31-21,13-18(26)28-14-16-7-3-1-4-8-16)11-12-24(20,30-19)22(27)29-15-17-9-5-2-6-10-17/h1-10,19-21H,11-15H2/t19?,20?,21-,23-,24?/m1/s1. The van der Waals surface area contributed by atoms with Crippen molar-refractivity contribution in [3.63, 3.8) is 0 Å². The van der Waals surface area contributed by atoms with Crippen LogP contribution in [-0.4, -0.2) is 43.1 Å². The third kappa shape index (κ3) is 3.46. The summed E-state index contributed by atoms with van der Waals surface area (Å²) < 4.78 is 23.0. The summed E-state index contributed by atoms with van der Waals surface area (Å²) in [5.41, 5.74) is -0.154. The zero-order valence-electron chi connectivity index (χ0n) is 17.1. The molecule has 0 bridgehead atoms. The van der Waals surface area contributed by atoms with Crippen LogP contribution in [0, 0.1) is 5.92 Å². The lowest BCUT2D eigenvalue weighted by Gasteiger charge is -2.49. The number of benzene rings is 2. The van der Waals surface area contributed by atoms with Crippen LogP contribution in [0.25, 0.3) is 0 Å². The number of esters is 2. The van der Waals surface area contributed by atoms with Gasteiger partial charge in [0.2, 0.25) is 0 Å². The van der Waals surface area contributed by atoms with Crippen LogP contribution in [-0.2, 0) is 41.8 Å². The van der Waals surface area contributed by atoms with E-state index in [4.69, 9.17) is 26.8 Å². The van der Waals surface area contributed by atoms with Crippen LogP contribution in [0.1, 0.15) is 30.4 Å². The van der Waals surface area contributed by atoms with Gasteiger partial charge in [-0.3, -0.25) is 4.79 Å². The van der Waals surface area contributed by atoms with Crippen LogP contribution in [0.3, 0.4) is 0 Å². The predicted octanol–water partition coefficient (Wildman–Crippen LogP) is 2.67. The zero-order chi connectivity index (χ0) is 21.5. The monoisotopic (exact) mass is 418 g/mol. The molecule has 2 aliphatic heterocycles. The molecular weight excluding hydrogens is 395 g/mol. The normalized spacial score (nSPS) is 32.7. The molecular formula is C24H23BO6. The van der Waals surface area contributed by atoms with E-state index in [-0.39, 0.29) is 31.5 Å². The minimum Gasteiger partial charge on any atom is -0.461 e. The van der Waals surface area contributed by atoms with Crippen molar-refractivity contribution in [2.75, 3.05) is 0 Å². The van der Waals surface area contributed by atoms with E-state index >= 15 is 0 Å². The average molecular weight is 418 g/mol. The predicted molar refractivity (Wildman–Crippen MR) is 111 cm³/mol. The lowest BCUT2D eigenvalue weighted by molar-refractivity contribution is -0.250. The van der Waals surface area contributed by atoms with Crippen LogP contribution in [0.2, 0.25) is 0 Å². The van der Waals surface area contributed by atoms with Crippen molar-refractivity contribution < 1.29 is 28.5 Å². The molecule has 5 rings (SSSR count). The Bertz CT molecular complexity index is 967. The minimum atomic E-state index is -1.10. The molecule has 5 atom stereocenters. The second-order valence-electron chi connectivity index (χ2n) is 8.48. The highest BCUT2D eigenvalue weighted by molar-refractivity contribution is 6.12. The van der Waals surface area contributed by atoms with Gasteiger partial charge in [0, 0.05) is 6.00 Å². The van der Waals surface area contributed by atoms with Crippen LogP contribution in [0.5, 0.6) is 0 Å². The van der Waals surface area contributed by atoms with E-state index in [1.54, 1.807) is 0 Å². The molecule has 2 aromatic rings. The Balaban J connectivity index is 1.26. The fourth-order valence-corrected chi connectivity index (χ4v) is 5.19. The first-order valence-corrected chi connectivity index (χ1v) is 10.5. The summed E-state index contributed by atoms with van der Waals surface area (Å²) in [6.07, 6.45) is 0.531. The van der Waals surface area contributed by atoms with Gasteiger partial charge in [-0.15, -0.1) is 0 Å². The molecule has 0 amide bonds. The molecule has 3 fully saturated rings. The first-order chi connectivity index (χ1) is 15.0. The van der Waals surface area contributed by atoms with E-state index < -0.39 is 29.3 Å². The van der Waals surface area contributed by atoms with Crippen molar-refractivity contribution in [1.82, 2.24) is 0 Å². The summed E-state index contributed by atoms with van der Waals surface area (Å²) in [4.78, 5) is 25.6. The van der Waals surface area contributed by atoms with Gasteiger partial charge in [0.05, 0.1) is 24.0 Å². The number of rotatable bonds is 7. The Morgan fingerprint density at radius 2 is 1.52 bits per heavy atom. The number of carbonyl (C=O) groups is 2. The average Bonchev–Trinajstić information content (AvgIpc) is 3.12. The highest BCUT2D eigenvalue weighted by Gasteiger charge is 2.78. The van der Waals surface area contributed by atoms with Gasteiger partial charge in [-0.05, 0) is 24.0 Å². The number of hydrogen-bond acceptors (Lipinski definition) is 6. The Hall–Kier alpha value is -2.64. The van der Waals surface area contributed by atoms with Crippen LogP contribution < -0.4 is 0 Å². The number of carbonyl (C=O) groups excluding carboxylic acids is 2. The molecule has 3 aliphatic rings. The number of hydrogen-bond donors (Lipinski definition) is 0. The van der Waals surface area contributed by atoms with Gasteiger partial charge in [-0.25, -0.2) is 4.79 Å². The van der Waals surface area contributed by atoms with Gasteiger partial charge in [0.15, 0.2) is 5.60 Å². The molecule has 6 nitrogen and oxygen atoms in total. The van der Waals surface area contributed by atoms with Crippen molar-refractivity contribution >= 4 is 19.8 Å². The molecule has 1 aliphatic carbocycles. The molecule has 31 heavy (non-hydrogen) atoms. The maximum Gasteiger partial charge on any atom is 0.339 e. The summed E-state index contributed by atoms with van der Waals surface area (Å²) in [6.45, 7) is 0.359. The summed E-state index contributed by atoms with van der Waals surface area (Å²) in [6, 6.07) is 18.3. The van der Waals surface area contributed by atoms with E-state index in [0.29, 0.717) is 12.8 Å². The minimum absolute atomic E-state index is 0.0335. The fourth-order valence-electron chi connectivity index (χ4n) is 5.19. The van der Waals surface area contributed by atoms with E-state index in [1.807, 2.05) is 60.7 Å². The summed E-state index contributed by atoms with van der Waals surface area (Å²) >= 11 is 0. The molecule has 3 unspecified atom stereocenters. The van der Waals surface area contributed by atoms with Crippen molar-refractivity contribution in [2.24, 2.45) is 5.92 Å². The number of ether oxygens (including phenoxy) is 4. The van der Waals surface area contributed by atoms with Crippen molar-refractivity contribution in [3.05, 3.63) is 71.8 Å². The van der Waals surface area contributed by atoms with Gasteiger partial charge in [0.25, 0.3) is 0 Å². The van der Waals surface area contributed by atoms with Crippen LogP contribution >= 0.6 is 0 Å². The summed E-state index contributed by atoms with van der Waals surface area (Å²) in [5, 5.41) is 0. The fraction of sp³-hybridized carbons (Fsp3) is 0.417. The SMILES string of the molecule is [B][C@@H]1O[C@@]2(CC(=O)OCc3ccccc3)CCC3(C(=O)OCc4ccccc4)OC1C32. The Morgan fingerprint density at radius 3 is 2.16 bits per heavy atom. The van der Waals surface area contributed by atoms with E-state index in [1.165, 1.54) is 0 Å². The van der Waals surface area contributed by atoms with Gasteiger partial charge < -0.3 is 18.9 Å². The van der Waals surface area contributed by atoms with Crippen molar-refractivity contribution in [2.45, 2.75) is 55.8 Å². The van der Waals surface area contributed by atoms with Crippen LogP contribution in [0.4, 0.5) is 0 Å². The molecule has 2 saturated heterocycles. The molecule has 0 spiro atoms. The smallest absolute Gasteiger partial charge is 0.339 e. The summed E-state index contributed by atoms with van der Waals surface area (Å²) in [5.74, 6) is -1.12. The molecule has 1 saturated carbocycles. The van der Waals surface area contributed by atoms with Gasteiger partial charge in [0.1, 0.15) is 21.1 Å². The third-order valence-electron chi connectivity index (χ3n) is 6.60. The topological polar surface area (TPSA) is 71.1 Å². The Morgan fingerprint density at radius 1 is 0.903 bits per heavy atom. The Labute approximate surface area is 182 Å². The van der Waals surface area contributed by atoms with Gasteiger partial charge in [-0.2, -0.15) is 0 Å². The van der Waals surface area contributed by atoms with Gasteiger partial charge in [-0.1, -0.05) is 60.7 Å². The molecule has 7 heteroatoms. The Kier molecular flexibility index (Phi) is 5.11. The zero-order valence-corrected chi connectivity index (χ0v) is 17.1. The molecule has 0 aromatic heterocycles. The second-order valence-corrected chi connectivity index (χ2v) is 8.48. The quantitative estimate of drug-likeness (QED) is 0.509. The highest BCUT2D eigenvalue weighted by atomic mass is 16.6. The second kappa shape index (κ2) is 7.81. The lowest BCUT2D eigenvalue weighted by atomic mass is 9.70. The van der Waals surface area contributed by atoms with Crippen LogP contribution in [0.15, 0.2) is 60.7 Å². The van der Waals surface area contributed by atoms with E-state index in [0.717, 1.165) is 11.1 Å². The molecule has 2 aromatic carbocycles. The molecule has 0 N–H and O–H groups in total. The first-order valence-electron chi connectivity index (χ1n) is 10.5. The molecule has 2 radical (unpaired) electrons. The third-order valence-corrected chi connectivity index (χ3v) is 6.60. The van der Waals surface area contributed by atoms with Crippen molar-refractivity contribution in [3.8, 4) is 0 Å². The maximum absolute atomic E-state index is 13.0. The maximum atomic E-state index is 13.0. The molecule has 2 heterocycles. The largest absolute Gasteiger partial charge is 0.461 e. The first kappa shape index (κ1) is 20.3. The van der Waals surface area contributed by atoms with E-state index in [2.05, 4.69) is 0 Å².